The van der Waals surface area contributed by atoms with Crippen molar-refractivity contribution in [1.82, 2.24) is 10.3 Å². The Kier molecular flexibility index (Phi) is 4.37. The molecule has 1 spiro atoms. The number of nitrogens with one attached hydrogen (secondary N) is 1. The van der Waals surface area contributed by atoms with Gasteiger partial charge in [-0.2, -0.15) is 0 Å². The lowest BCUT2D eigenvalue weighted by atomic mass is 9.78. The summed E-state index contributed by atoms with van der Waals surface area (Å²) in [4.78, 5) is 4.22. The quantitative estimate of drug-likeness (QED) is 0.914. The van der Waals surface area contributed by atoms with Crippen molar-refractivity contribution in [3.63, 3.8) is 0 Å². The third-order valence-corrected chi connectivity index (χ3v) is 4.93. The summed E-state index contributed by atoms with van der Waals surface area (Å²) < 4.78 is 6.17. The van der Waals surface area contributed by atoms with Gasteiger partial charge in [0, 0.05) is 31.1 Å². The number of ether oxygens (including phenoxy) is 1. The van der Waals surface area contributed by atoms with Crippen LogP contribution >= 0.6 is 0 Å². The Morgan fingerprint density at radius 2 is 2.20 bits per heavy atom. The number of hydrogen-bond donors (Lipinski definition) is 1. The summed E-state index contributed by atoms with van der Waals surface area (Å²) in [7, 11) is 0. The van der Waals surface area contributed by atoms with Gasteiger partial charge in [-0.05, 0) is 44.2 Å². The molecule has 0 bridgehead atoms. The molecule has 2 fully saturated rings. The maximum absolute atomic E-state index is 6.17. The molecule has 0 aromatic carbocycles. The van der Waals surface area contributed by atoms with Crippen LogP contribution in [0.15, 0.2) is 24.5 Å². The standard InChI is InChI=1S/C17H26N2O/c1-14(15-6-5-10-18-13-15)19-16-7-11-20-17(12-16)8-3-2-4-9-17/h5-6,10,13-14,16,19H,2-4,7-9,11-12H2,1H3/t14-,16?/m0/s1. The Morgan fingerprint density at radius 1 is 1.35 bits per heavy atom. The summed E-state index contributed by atoms with van der Waals surface area (Å²) in [5.41, 5.74) is 1.46. The molecule has 0 radical (unpaired) electrons. The van der Waals surface area contributed by atoms with Crippen LogP contribution in [-0.2, 0) is 4.74 Å². The van der Waals surface area contributed by atoms with Crippen LogP contribution in [-0.4, -0.2) is 23.2 Å². The molecule has 2 heterocycles. The molecule has 1 saturated heterocycles. The van der Waals surface area contributed by atoms with Crippen LogP contribution in [0.5, 0.6) is 0 Å². The minimum atomic E-state index is 0.183. The van der Waals surface area contributed by atoms with Crippen molar-refractivity contribution in [1.29, 1.82) is 0 Å². The molecule has 0 amide bonds. The predicted octanol–water partition coefficient (Wildman–Crippen LogP) is 3.61. The number of rotatable bonds is 3. The van der Waals surface area contributed by atoms with Crippen molar-refractivity contribution < 1.29 is 4.74 Å². The first-order valence-corrected chi connectivity index (χ1v) is 8.07. The van der Waals surface area contributed by atoms with Crippen LogP contribution in [0.1, 0.15) is 63.5 Å². The number of pyridine rings is 1. The highest BCUT2D eigenvalue weighted by Crippen LogP contribution is 2.38. The Hall–Kier alpha value is -0.930. The maximum atomic E-state index is 6.17. The molecule has 2 atom stereocenters. The maximum Gasteiger partial charge on any atom is 0.0697 e. The van der Waals surface area contributed by atoms with Gasteiger partial charge in [-0.1, -0.05) is 25.3 Å². The van der Waals surface area contributed by atoms with E-state index in [1.165, 1.54) is 44.1 Å². The number of hydrogen-bond acceptors (Lipinski definition) is 3. The Bertz CT molecular complexity index is 409. The zero-order valence-electron chi connectivity index (χ0n) is 12.5. The summed E-state index contributed by atoms with van der Waals surface area (Å²) in [6, 6.07) is 5.12. The first-order valence-electron chi connectivity index (χ1n) is 8.07. The zero-order valence-corrected chi connectivity index (χ0v) is 12.5. The first-order chi connectivity index (χ1) is 9.77. The van der Waals surface area contributed by atoms with Crippen LogP contribution < -0.4 is 5.32 Å². The highest BCUT2D eigenvalue weighted by atomic mass is 16.5. The largest absolute Gasteiger partial charge is 0.375 e. The summed E-state index contributed by atoms with van der Waals surface area (Å²) in [6.07, 6.45) is 12.7. The van der Waals surface area contributed by atoms with Crippen molar-refractivity contribution in [2.75, 3.05) is 6.61 Å². The van der Waals surface area contributed by atoms with Crippen LogP contribution in [0.4, 0.5) is 0 Å². The first kappa shape index (κ1) is 14.0. The van der Waals surface area contributed by atoms with Crippen LogP contribution in [0.2, 0.25) is 0 Å². The summed E-state index contributed by atoms with van der Waals surface area (Å²) in [6.45, 7) is 3.15. The lowest BCUT2D eigenvalue weighted by Crippen LogP contribution is -2.48. The Balaban J connectivity index is 1.60. The lowest BCUT2D eigenvalue weighted by molar-refractivity contribution is -0.110. The molecule has 3 nitrogen and oxygen atoms in total. The van der Waals surface area contributed by atoms with Gasteiger partial charge in [0.25, 0.3) is 0 Å². The highest BCUT2D eigenvalue weighted by Gasteiger charge is 2.38. The molecule has 20 heavy (non-hydrogen) atoms. The van der Waals surface area contributed by atoms with Gasteiger partial charge in [-0.25, -0.2) is 0 Å². The minimum absolute atomic E-state index is 0.183. The molecule has 1 saturated carbocycles. The second kappa shape index (κ2) is 6.23. The SMILES string of the molecule is C[C@H](NC1CCOC2(CCCCC2)C1)c1cccnc1. The summed E-state index contributed by atoms with van der Waals surface area (Å²) in [5, 5.41) is 3.79. The highest BCUT2D eigenvalue weighted by molar-refractivity contribution is 5.13. The molecule has 110 valence electrons. The van der Waals surface area contributed by atoms with Crippen LogP contribution in [0.3, 0.4) is 0 Å². The second-order valence-electron chi connectivity index (χ2n) is 6.46. The molecule has 1 aliphatic carbocycles. The molecule has 3 rings (SSSR count). The van der Waals surface area contributed by atoms with E-state index in [1.807, 2.05) is 18.5 Å². The van der Waals surface area contributed by atoms with Crippen LogP contribution in [0, 0.1) is 0 Å². The fraction of sp³-hybridized carbons (Fsp3) is 0.706. The molecule has 1 aromatic heterocycles. The van der Waals surface area contributed by atoms with E-state index < -0.39 is 0 Å². The zero-order chi connectivity index (χ0) is 13.8. The average molecular weight is 274 g/mol. The molecule has 2 aliphatic rings. The van der Waals surface area contributed by atoms with Gasteiger partial charge in [0.05, 0.1) is 5.60 Å². The molecular formula is C17H26N2O. The van der Waals surface area contributed by atoms with Gasteiger partial charge in [-0.15, -0.1) is 0 Å². The Labute approximate surface area is 122 Å². The Morgan fingerprint density at radius 3 is 2.95 bits per heavy atom. The summed E-state index contributed by atoms with van der Waals surface area (Å²) in [5.74, 6) is 0. The van der Waals surface area contributed by atoms with E-state index in [1.54, 1.807) is 0 Å². The normalized spacial score (nSPS) is 27.4. The van der Waals surface area contributed by atoms with Gasteiger partial charge in [0.2, 0.25) is 0 Å². The molecule has 1 aliphatic heterocycles. The van der Waals surface area contributed by atoms with Gasteiger partial charge >= 0.3 is 0 Å². The summed E-state index contributed by atoms with van der Waals surface area (Å²) >= 11 is 0. The monoisotopic (exact) mass is 274 g/mol. The molecule has 1 unspecified atom stereocenters. The van der Waals surface area contributed by atoms with E-state index in [-0.39, 0.29) is 5.60 Å². The van der Waals surface area contributed by atoms with Gasteiger partial charge in [0.1, 0.15) is 0 Å². The molecule has 1 N–H and O–H groups in total. The minimum Gasteiger partial charge on any atom is -0.375 e. The number of nitrogens with zero attached hydrogens (tertiary/aromatic N) is 1. The van der Waals surface area contributed by atoms with Gasteiger partial charge in [-0.3, -0.25) is 4.98 Å². The van der Waals surface area contributed by atoms with Gasteiger partial charge in [0.15, 0.2) is 0 Å². The van der Waals surface area contributed by atoms with Crippen LogP contribution in [0.25, 0.3) is 0 Å². The molecule has 3 heteroatoms. The lowest BCUT2D eigenvalue weighted by Gasteiger charge is -2.44. The predicted molar refractivity (Wildman–Crippen MR) is 80.6 cm³/mol. The van der Waals surface area contributed by atoms with Crippen molar-refractivity contribution in [2.45, 2.75) is 69.6 Å². The van der Waals surface area contributed by atoms with E-state index >= 15 is 0 Å². The topological polar surface area (TPSA) is 34.1 Å². The van der Waals surface area contributed by atoms with E-state index in [0.29, 0.717) is 12.1 Å². The van der Waals surface area contributed by atoms with E-state index in [4.69, 9.17) is 4.74 Å². The average Bonchev–Trinajstić information content (AvgIpc) is 2.49. The van der Waals surface area contributed by atoms with Gasteiger partial charge < -0.3 is 10.1 Å². The number of aromatic nitrogens is 1. The third kappa shape index (κ3) is 3.21. The third-order valence-electron chi connectivity index (χ3n) is 4.93. The molecular weight excluding hydrogens is 248 g/mol. The smallest absolute Gasteiger partial charge is 0.0697 e. The fourth-order valence-corrected chi connectivity index (χ4v) is 3.80. The van der Waals surface area contributed by atoms with E-state index in [0.717, 1.165) is 13.0 Å². The fourth-order valence-electron chi connectivity index (χ4n) is 3.80. The second-order valence-corrected chi connectivity index (χ2v) is 6.46. The molecule has 1 aromatic rings. The van der Waals surface area contributed by atoms with Crippen molar-refractivity contribution >= 4 is 0 Å². The van der Waals surface area contributed by atoms with Crippen molar-refractivity contribution in [3.8, 4) is 0 Å². The van der Waals surface area contributed by atoms with Crippen molar-refractivity contribution in [2.24, 2.45) is 0 Å². The van der Waals surface area contributed by atoms with E-state index in [9.17, 15) is 0 Å². The van der Waals surface area contributed by atoms with E-state index in [2.05, 4.69) is 23.3 Å². The van der Waals surface area contributed by atoms with Crippen molar-refractivity contribution in [3.05, 3.63) is 30.1 Å².